The number of thiazole rings is 1. The summed E-state index contributed by atoms with van der Waals surface area (Å²) in [6.07, 6.45) is 3.50. The summed E-state index contributed by atoms with van der Waals surface area (Å²) in [5.74, 6) is -0.526. The Kier molecular flexibility index (Phi) is 7.30. The fourth-order valence-corrected chi connectivity index (χ4v) is 3.76. The van der Waals surface area contributed by atoms with Crippen LogP contribution in [0.3, 0.4) is 0 Å². The molecule has 0 aliphatic carbocycles. The number of benzene rings is 1. The second-order valence-corrected chi connectivity index (χ2v) is 7.94. The maximum Gasteiger partial charge on any atom is 0.312 e. The van der Waals surface area contributed by atoms with E-state index >= 15 is 0 Å². The molecule has 0 bridgehead atoms. The van der Waals surface area contributed by atoms with Gasteiger partial charge in [-0.3, -0.25) is 14.6 Å². The SMILES string of the molecule is CC[C@@H](C)c1ccccc1NC(=O)[C@H](C)OC(=O)Cc1csc(-c2cccnc2)n1. The molecule has 2 aromatic heterocycles. The Morgan fingerprint density at radius 2 is 1.97 bits per heavy atom. The summed E-state index contributed by atoms with van der Waals surface area (Å²) < 4.78 is 5.33. The molecule has 156 valence electrons. The van der Waals surface area contributed by atoms with Gasteiger partial charge in [-0.25, -0.2) is 4.98 Å². The number of hydrogen-bond acceptors (Lipinski definition) is 6. The number of amides is 1. The molecule has 0 fully saturated rings. The van der Waals surface area contributed by atoms with Crippen molar-refractivity contribution in [3.05, 3.63) is 65.4 Å². The van der Waals surface area contributed by atoms with Gasteiger partial charge in [0, 0.05) is 29.0 Å². The number of pyridine rings is 1. The molecule has 30 heavy (non-hydrogen) atoms. The first-order valence-corrected chi connectivity index (χ1v) is 10.8. The average molecular weight is 424 g/mol. The maximum absolute atomic E-state index is 12.5. The highest BCUT2D eigenvalue weighted by molar-refractivity contribution is 7.13. The van der Waals surface area contributed by atoms with Gasteiger partial charge in [0.05, 0.1) is 12.1 Å². The van der Waals surface area contributed by atoms with E-state index in [0.29, 0.717) is 11.6 Å². The third-order valence-electron chi connectivity index (χ3n) is 4.83. The van der Waals surface area contributed by atoms with Crippen LogP contribution < -0.4 is 5.32 Å². The van der Waals surface area contributed by atoms with Crippen molar-refractivity contribution in [1.29, 1.82) is 0 Å². The van der Waals surface area contributed by atoms with Gasteiger partial charge in [-0.2, -0.15) is 0 Å². The smallest absolute Gasteiger partial charge is 0.312 e. The number of esters is 1. The lowest BCUT2D eigenvalue weighted by atomic mass is 9.97. The lowest BCUT2D eigenvalue weighted by Gasteiger charge is -2.18. The van der Waals surface area contributed by atoms with Crippen LogP contribution in [0.25, 0.3) is 10.6 Å². The molecule has 3 rings (SSSR count). The molecular weight excluding hydrogens is 398 g/mol. The number of nitrogens with one attached hydrogen (secondary N) is 1. The molecule has 0 saturated carbocycles. The number of hydrogen-bond donors (Lipinski definition) is 1. The molecule has 1 N–H and O–H groups in total. The van der Waals surface area contributed by atoms with Crippen LogP contribution in [-0.4, -0.2) is 27.9 Å². The molecule has 0 aliphatic rings. The molecule has 0 unspecified atom stereocenters. The highest BCUT2D eigenvalue weighted by Crippen LogP contribution is 2.27. The van der Waals surface area contributed by atoms with Crippen molar-refractivity contribution in [2.75, 3.05) is 5.32 Å². The zero-order valence-electron chi connectivity index (χ0n) is 17.3. The quantitative estimate of drug-likeness (QED) is 0.525. The van der Waals surface area contributed by atoms with Crippen molar-refractivity contribution in [3.8, 4) is 10.6 Å². The van der Waals surface area contributed by atoms with Gasteiger partial charge >= 0.3 is 5.97 Å². The lowest BCUT2D eigenvalue weighted by Crippen LogP contribution is -2.31. The van der Waals surface area contributed by atoms with Crippen LogP contribution in [0.2, 0.25) is 0 Å². The minimum atomic E-state index is -0.904. The van der Waals surface area contributed by atoms with E-state index in [-0.39, 0.29) is 12.3 Å². The normalized spacial score (nSPS) is 12.8. The average Bonchev–Trinajstić information content (AvgIpc) is 3.22. The first-order valence-electron chi connectivity index (χ1n) is 9.92. The second kappa shape index (κ2) is 10.1. The van der Waals surface area contributed by atoms with Crippen LogP contribution in [0, 0.1) is 0 Å². The van der Waals surface area contributed by atoms with Crippen LogP contribution >= 0.6 is 11.3 Å². The van der Waals surface area contributed by atoms with Crippen LogP contribution in [0.1, 0.15) is 44.4 Å². The summed E-state index contributed by atoms with van der Waals surface area (Å²) in [7, 11) is 0. The number of rotatable bonds is 8. The van der Waals surface area contributed by atoms with E-state index in [1.165, 1.54) is 11.3 Å². The monoisotopic (exact) mass is 423 g/mol. The second-order valence-electron chi connectivity index (χ2n) is 7.08. The van der Waals surface area contributed by atoms with Crippen LogP contribution in [0.5, 0.6) is 0 Å². The predicted molar refractivity (Wildman–Crippen MR) is 118 cm³/mol. The molecule has 2 atom stereocenters. The molecule has 6 nitrogen and oxygen atoms in total. The Bertz CT molecular complexity index is 1000. The standard InChI is InChI=1S/C23H25N3O3S/c1-4-15(2)19-9-5-6-10-20(19)26-22(28)16(3)29-21(27)12-18-14-30-23(25-18)17-8-7-11-24-13-17/h5-11,13-16H,4,12H2,1-3H3,(H,26,28)/t15-,16+/m1/s1. The first kappa shape index (κ1) is 21.6. The van der Waals surface area contributed by atoms with Gasteiger partial charge in [0.2, 0.25) is 0 Å². The van der Waals surface area contributed by atoms with Crippen molar-refractivity contribution < 1.29 is 14.3 Å². The highest BCUT2D eigenvalue weighted by Gasteiger charge is 2.20. The molecule has 7 heteroatoms. The lowest BCUT2D eigenvalue weighted by molar-refractivity contribution is -0.152. The maximum atomic E-state index is 12.5. The Labute approximate surface area is 180 Å². The fourth-order valence-electron chi connectivity index (χ4n) is 2.95. The van der Waals surface area contributed by atoms with E-state index < -0.39 is 12.1 Å². The molecule has 0 spiro atoms. The van der Waals surface area contributed by atoms with Crippen LogP contribution in [-0.2, 0) is 20.7 Å². The van der Waals surface area contributed by atoms with E-state index in [0.717, 1.165) is 28.2 Å². The van der Waals surface area contributed by atoms with Crippen LogP contribution in [0.4, 0.5) is 5.69 Å². The molecule has 1 aromatic carbocycles. The van der Waals surface area contributed by atoms with Gasteiger partial charge < -0.3 is 10.1 Å². The Morgan fingerprint density at radius 1 is 1.17 bits per heavy atom. The number of carbonyl (C=O) groups is 2. The van der Waals surface area contributed by atoms with Gasteiger partial charge in [-0.15, -0.1) is 11.3 Å². The summed E-state index contributed by atoms with van der Waals surface area (Å²) in [6.45, 7) is 5.79. The summed E-state index contributed by atoms with van der Waals surface area (Å²) >= 11 is 1.44. The minimum absolute atomic E-state index is 0.0117. The summed E-state index contributed by atoms with van der Waals surface area (Å²) in [6, 6.07) is 11.4. The number of aromatic nitrogens is 2. The van der Waals surface area contributed by atoms with Gasteiger partial charge in [0.1, 0.15) is 5.01 Å². The van der Waals surface area contributed by atoms with Gasteiger partial charge in [-0.1, -0.05) is 32.0 Å². The van der Waals surface area contributed by atoms with Crippen molar-refractivity contribution in [2.24, 2.45) is 0 Å². The van der Waals surface area contributed by atoms with Crippen LogP contribution in [0.15, 0.2) is 54.2 Å². The van der Waals surface area contributed by atoms with Crippen molar-refractivity contribution >= 4 is 28.9 Å². The zero-order valence-corrected chi connectivity index (χ0v) is 18.1. The molecule has 0 radical (unpaired) electrons. The molecular formula is C23H25N3O3S. The topological polar surface area (TPSA) is 81.2 Å². The van der Waals surface area contributed by atoms with E-state index in [1.54, 1.807) is 19.3 Å². The molecule has 0 aliphatic heterocycles. The minimum Gasteiger partial charge on any atom is -0.452 e. The van der Waals surface area contributed by atoms with E-state index in [2.05, 4.69) is 29.1 Å². The largest absolute Gasteiger partial charge is 0.452 e. The van der Waals surface area contributed by atoms with Gasteiger partial charge in [0.25, 0.3) is 5.91 Å². The molecule has 1 amide bonds. The van der Waals surface area contributed by atoms with E-state index in [1.807, 2.05) is 41.8 Å². The van der Waals surface area contributed by atoms with E-state index in [9.17, 15) is 9.59 Å². The van der Waals surface area contributed by atoms with Gasteiger partial charge in [-0.05, 0) is 43.0 Å². The predicted octanol–water partition coefficient (Wildman–Crippen LogP) is 4.83. The molecule has 3 aromatic rings. The highest BCUT2D eigenvalue weighted by atomic mass is 32.1. The van der Waals surface area contributed by atoms with Crippen molar-refractivity contribution in [3.63, 3.8) is 0 Å². The number of nitrogens with zero attached hydrogens (tertiary/aromatic N) is 2. The number of carbonyl (C=O) groups excluding carboxylic acids is 2. The van der Waals surface area contributed by atoms with Crippen molar-refractivity contribution in [1.82, 2.24) is 9.97 Å². The Morgan fingerprint density at radius 3 is 2.70 bits per heavy atom. The Hall–Kier alpha value is -3.06. The third-order valence-corrected chi connectivity index (χ3v) is 5.77. The number of ether oxygens (including phenoxy) is 1. The third kappa shape index (κ3) is 5.51. The summed E-state index contributed by atoms with van der Waals surface area (Å²) in [4.78, 5) is 33.4. The fraction of sp³-hybridized carbons (Fsp3) is 0.304. The number of anilines is 1. The summed E-state index contributed by atoms with van der Waals surface area (Å²) in [5.41, 5.74) is 3.33. The van der Waals surface area contributed by atoms with Gasteiger partial charge in [0.15, 0.2) is 6.10 Å². The zero-order chi connectivity index (χ0) is 21.5. The van der Waals surface area contributed by atoms with E-state index in [4.69, 9.17) is 4.74 Å². The van der Waals surface area contributed by atoms with Crippen molar-refractivity contribution in [2.45, 2.75) is 45.6 Å². The molecule has 0 saturated heterocycles. The molecule has 2 heterocycles. The summed E-state index contributed by atoms with van der Waals surface area (Å²) in [5, 5.41) is 5.49. The Balaban J connectivity index is 1.57. The number of para-hydroxylation sites is 1. The first-order chi connectivity index (χ1) is 14.5.